The van der Waals surface area contributed by atoms with Crippen molar-refractivity contribution < 1.29 is 9.84 Å². The molecule has 0 aromatic rings. The summed E-state index contributed by atoms with van der Waals surface area (Å²) in [6.07, 6.45) is 4.53. The third kappa shape index (κ3) is 0.740. The smallest absolute Gasteiger partial charge is 0.126 e. The Balaban J connectivity index is 2.31. The first kappa shape index (κ1) is 6.84. The van der Waals surface area contributed by atoms with Crippen LogP contribution in [-0.2, 0) is 4.74 Å². The highest BCUT2D eigenvalue weighted by Crippen LogP contribution is 2.42. The number of nitriles is 1. The normalized spacial score (nSPS) is 46.2. The summed E-state index contributed by atoms with van der Waals surface area (Å²) < 4.78 is 5.43. The Labute approximate surface area is 64.9 Å². The second-order valence-corrected chi connectivity index (χ2v) is 3.05. The van der Waals surface area contributed by atoms with Gasteiger partial charge in [-0.15, -0.1) is 0 Å². The van der Waals surface area contributed by atoms with Crippen LogP contribution in [0.1, 0.15) is 6.42 Å². The van der Waals surface area contributed by atoms with E-state index in [4.69, 9.17) is 15.1 Å². The number of hydrogen-bond acceptors (Lipinski definition) is 3. The summed E-state index contributed by atoms with van der Waals surface area (Å²) in [5.74, 6) is -0.164. The Hall–Kier alpha value is -0.850. The van der Waals surface area contributed by atoms with E-state index in [0.717, 1.165) is 6.42 Å². The molecule has 0 aromatic carbocycles. The van der Waals surface area contributed by atoms with Crippen molar-refractivity contribution in [2.75, 3.05) is 6.61 Å². The summed E-state index contributed by atoms with van der Waals surface area (Å²) in [5.41, 5.74) is -0.667. The highest BCUT2D eigenvalue weighted by Gasteiger charge is 2.49. The minimum atomic E-state index is -0.667. The average Bonchev–Trinajstić information content (AvgIpc) is 2.60. The average molecular weight is 151 g/mol. The predicted octanol–water partition coefficient (Wildman–Crippen LogP) is 0.216. The van der Waals surface area contributed by atoms with Crippen molar-refractivity contribution >= 4 is 0 Å². The Bertz CT molecular complexity index is 243. The molecule has 11 heavy (non-hydrogen) atoms. The second-order valence-electron chi connectivity index (χ2n) is 3.05. The lowest BCUT2D eigenvalue weighted by atomic mass is 9.85. The zero-order chi connectivity index (χ0) is 7.90. The highest BCUT2D eigenvalue weighted by atomic mass is 16.5. The molecule has 2 aliphatic heterocycles. The number of nitrogens with zero attached hydrogens (tertiary/aromatic N) is 1. The van der Waals surface area contributed by atoms with Gasteiger partial charge in [0.25, 0.3) is 0 Å². The van der Waals surface area contributed by atoms with Gasteiger partial charge in [0.15, 0.2) is 0 Å². The van der Waals surface area contributed by atoms with E-state index < -0.39 is 5.60 Å². The highest BCUT2D eigenvalue weighted by molar-refractivity contribution is 5.24. The van der Waals surface area contributed by atoms with Crippen molar-refractivity contribution in [1.82, 2.24) is 0 Å². The van der Waals surface area contributed by atoms with Crippen LogP contribution in [0.5, 0.6) is 0 Å². The molecule has 0 amide bonds. The van der Waals surface area contributed by atoms with Crippen LogP contribution in [0.25, 0.3) is 0 Å². The number of aliphatic hydroxyl groups excluding tert-OH is 1. The van der Waals surface area contributed by atoms with Crippen molar-refractivity contribution in [2.45, 2.75) is 18.1 Å². The second kappa shape index (κ2) is 2.07. The van der Waals surface area contributed by atoms with Crippen LogP contribution >= 0.6 is 0 Å². The van der Waals surface area contributed by atoms with Crippen molar-refractivity contribution in [2.24, 2.45) is 5.92 Å². The van der Waals surface area contributed by atoms with E-state index in [9.17, 15) is 0 Å². The maximum absolute atomic E-state index is 9.02. The molecular formula is C8H9NO2. The molecule has 3 atom stereocenters. The van der Waals surface area contributed by atoms with Crippen LogP contribution in [-0.4, -0.2) is 23.4 Å². The van der Waals surface area contributed by atoms with E-state index in [0.29, 0.717) is 0 Å². The molecule has 3 nitrogen and oxygen atoms in total. The van der Waals surface area contributed by atoms with Gasteiger partial charge in [0, 0.05) is 0 Å². The Kier molecular flexibility index (Phi) is 1.28. The van der Waals surface area contributed by atoms with Crippen LogP contribution in [0, 0.1) is 17.2 Å². The maximum atomic E-state index is 9.02. The standard InChI is InChI=1S/C8H9NO2/c9-4-6-3-7-1-2-8(6,5-10)11-7/h1-2,6-7,10H,3,5H2. The summed E-state index contributed by atoms with van der Waals surface area (Å²) in [4.78, 5) is 0. The van der Waals surface area contributed by atoms with Gasteiger partial charge in [0.1, 0.15) is 5.60 Å². The van der Waals surface area contributed by atoms with Crippen molar-refractivity contribution in [3.8, 4) is 6.07 Å². The lowest BCUT2D eigenvalue weighted by Gasteiger charge is -2.22. The SMILES string of the molecule is N#CC1CC2C=CC1(CO)O2. The number of aliphatic hydroxyl groups is 1. The van der Waals surface area contributed by atoms with Crippen LogP contribution in [0.3, 0.4) is 0 Å². The van der Waals surface area contributed by atoms with E-state index in [1.54, 1.807) is 0 Å². The van der Waals surface area contributed by atoms with Gasteiger partial charge in [-0.05, 0) is 6.42 Å². The summed E-state index contributed by atoms with van der Waals surface area (Å²) in [6, 6.07) is 2.15. The first-order valence-electron chi connectivity index (χ1n) is 3.68. The Morgan fingerprint density at radius 3 is 3.09 bits per heavy atom. The van der Waals surface area contributed by atoms with Crippen LogP contribution in [0.2, 0.25) is 0 Å². The minimum Gasteiger partial charge on any atom is -0.393 e. The molecule has 1 saturated heterocycles. The topological polar surface area (TPSA) is 53.2 Å². The molecule has 0 radical (unpaired) electrons. The van der Waals surface area contributed by atoms with Crippen molar-refractivity contribution in [1.29, 1.82) is 5.26 Å². The third-order valence-corrected chi connectivity index (χ3v) is 2.42. The largest absolute Gasteiger partial charge is 0.393 e. The monoisotopic (exact) mass is 151 g/mol. The van der Waals surface area contributed by atoms with Crippen LogP contribution < -0.4 is 0 Å². The van der Waals surface area contributed by atoms with Crippen LogP contribution in [0.4, 0.5) is 0 Å². The lowest BCUT2D eigenvalue weighted by molar-refractivity contribution is -0.0198. The van der Waals surface area contributed by atoms with Gasteiger partial charge < -0.3 is 9.84 Å². The molecule has 0 aromatic heterocycles. The quantitative estimate of drug-likeness (QED) is 0.545. The van der Waals surface area contributed by atoms with Gasteiger partial charge in [0.2, 0.25) is 0 Å². The summed E-state index contributed by atoms with van der Waals surface area (Å²) in [7, 11) is 0. The molecule has 1 N–H and O–H groups in total. The molecule has 0 aliphatic carbocycles. The maximum Gasteiger partial charge on any atom is 0.126 e. The minimum absolute atomic E-state index is 0.0619. The number of ether oxygens (including phenoxy) is 1. The Morgan fingerprint density at radius 1 is 1.82 bits per heavy atom. The first-order chi connectivity index (χ1) is 5.30. The van der Waals surface area contributed by atoms with E-state index in [1.165, 1.54) is 0 Å². The van der Waals surface area contributed by atoms with Gasteiger partial charge in [-0.2, -0.15) is 5.26 Å². The van der Waals surface area contributed by atoms with E-state index in [1.807, 2.05) is 12.2 Å². The first-order valence-corrected chi connectivity index (χ1v) is 3.68. The summed E-state index contributed by atoms with van der Waals surface area (Å²) >= 11 is 0. The van der Waals surface area contributed by atoms with Gasteiger partial charge in [0.05, 0.1) is 24.7 Å². The molecule has 0 saturated carbocycles. The third-order valence-electron chi connectivity index (χ3n) is 2.42. The molecule has 2 rings (SSSR count). The molecule has 1 fully saturated rings. The summed E-state index contributed by atoms with van der Waals surface area (Å²) in [5, 5.41) is 17.7. The van der Waals surface area contributed by atoms with Crippen LogP contribution in [0.15, 0.2) is 12.2 Å². The molecule has 2 aliphatic rings. The predicted molar refractivity (Wildman–Crippen MR) is 37.5 cm³/mol. The van der Waals surface area contributed by atoms with E-state index in [-0.39, 0.29) is 18.6 Å². The van der Waals surface area contributed by atoms with Gasteiger partial charge in [-0.25, -0.2) is 0 Å². The summed E-state index contributed by atoms with van der Waals surface area (Å²) in [6.45, 7) is -0.0851. The van der Waals surface area contributed by atoms with Crippen molar-refractivity contribution in [3.63, 3.8) is 0 Å². The fraction of sp³-hybridized carbons (Fsp3) is 0.625. The van der Waals surface area contributed by atoms with E-state index >= 15 is 0 Å². The zero-order valence-electron chi connectivity index (χ0n) is 6.03. The number of rotatable bonds is 1. The molecule has 58 valence electrons. The van der Waals surface area contributed by atoms with Gasteiger partial charge in [-0.3, -0.25) is 0 Å². The molecule has 2 bridgehead atoms. The number of hydrogen-bond donors (Lipinski definition) is 1. The van der Waals surface area contributed by atoms with Gasteiger partial charge in [-0.1, -0.05) is 12.2 Å². The Morgan fingerprint density at radius 2 is 2.64 bits per heavy atom. The molecule has 0 spiro atoms. The molecule has 3 unspecified atom stereocenters. The zero-order valence-corrected chi connectivity index (χ0v) is 6.03. The van der Waals surface area contributed by atoms with Crippen molar-refractivity contribution in [3.05, 3.63) is 12.2 Å². The van der Waals surface area contributed by atoms with E-state index in [2.05, 4.69) is 6.07 Å². The fourth-order valence-electron chi connectivity index (χ4n) is 1.75. The molecular weight excluding hydrogens is 142 g/mol. The lowest BCUT2D eigenvalue weighted by Crippen LogP contribution is -2.35. The van der Waals surface area contributed by atoms with Gasteiger partial charge >= 0.3 is 0 Å². The molecule has 3 heteroatoms. The number of fused-ring (bicyclic) bond motifs is 2. The fourth-order valence-corrected chi connectivity index (χ4v) is 1.75. The molecule has 2 heterocycles.